The fourth-order valence-electron chi connectivity index (χ4n) is 0.786. The van der Waals surface area contributed by atoms with Crippen LogP contribution in [0.3, 0.4) is 0 Å². The van der Waals surface area contributed by atoms with Crippen LogP contribution in [0.5, 0.6) is 0 Å². The van der Waals surface area contributed by atoms with E-state index in [4.69, 9.17) is 0 Å². The van der Waals surface area contributed by atoms with Gasteiger partial charge >= 0.3 is 0 Å². The molecule has 0 saturated carbocycles. The Morgan fingerprint density at radius 3 is 3.00 bits per heavy atom. The number of allylic oxidation sites excluding steroid dienone is 3. The third-order valence-electron chi connectivity index (χ3n) is 1.26. The Labute approximate surface area is 61.4 Å². The zero-order valence-electron chi connectivity index (χ0n) is 6.17. The Hall–Kier alpha value is -1.05. The molecule has 10 heavy (non-hydrogen) atoms. The van der Waals surface area contributed by atoms with Gasteiger partial charge in [-0.25, -0.2) is 0 Å². The Morgan fingerprint density at radius 2 is 2.40 bits per heavy atom. The normalized spacial score (nSPS) is 18.3. The summed E-state index contributed by atoms with van der Waals surface area (Å²) < 4.78 is 0. The summed E-state index contributed by atoms with van der Waals surface area (Å²) in [6, 6.07) is 0. The fourth-order valence-corrected chi connectivity index (χ4v) is 0.786. The molecule has 0 aromatic carbocycles. The molecule has 0 fully saturated rings. The molecular formula is C8H12N2. The smallest absolute Gasteiger partial charge is 0.120 e. The average molecular weight is 136 g/mol. The molecule has 1 aliphatic heterocycles. The first kappa shape index (κ1) is 7.06. The van der Waals surface area contributed by atoms with Crippen LogP contribution >= 0.6 is 0 Å². The first-order valence-electron chi connectivity index (χ1n) is 3.51. The van der Waals surface area contributed by atoms with E-state index in [1.54, 1.807) is 0 Å². The monoisotopic (exact) mass is 136 g/mol. The van der Waals surface area contributed by atoms with E-state index in [1.165, 1.54) is 0 Å². The van der Waals surface area contributed by atoms with Gasteiger partial charge < -0.3 is 5.32 Å². The van der Waals surface area contributed by atoms with E-state index in [1.807, 2.05) is 31.2 Å². The van der Waals surface area contributed by atoms with Crippen molar-refractivity contribution in [3.63, 3.8) is 0 Å². The molecule has 1 aliphatic rings. The summed E-state index contributed by atoms with van der Waals surface area (Å²) in [5.74, 6) is 0.998. The molecule has 0 aromatic heterocycles. The van der Waals surface area contributed by atoms with Gasteiger partial charge in [0.05, 0.1) is 6.54 Å². The lowest BCUT2D eigenvalue weighted by molar-refractivity contribution is 0.961. The van der Waals surface area contributed by atoms with Crippen molar-refractivity contribution in [1.29, 1.82) is 0 Å². The van der Waals surface area contributed by atoms with E-state index in [9.17, 15) is 0 Å². The maximum absolute atomic E-state index is 4.19. The topological polar surface area (TPSA) is 24.4 Å². The molecule has 1 rings (SSSR count). The third-order valence-corrected chi connectivity index (χ3v) is 1.26. The first-order chi connectivity index (χ1) is 4.93. The largest absolute Gasteiger partial charge is 0.369 e. The van der Waals surface area contributed by atoms with Crippen molar-refractivity contribution in [2.24, 2.45) is 4.99 Å². The minimum absolute atomic E-state index is 0.912. The van der Waals surface area contributed by atoms with Gasteiger partial charge in [-0.2, -0.15) is 0 Å². The van der Waals surface area contributed by atoms with E-state index < -0.39 is 0 Å². The summed E-state index contributed by atoms with van der Waals surface area (Å²) >= 11 is 0. The zero-order chi connectivity index (χ0) is 7.23. The molecule has 0 saturated heterocycles. The van der Waals surface area contributed by atoms with Gasteiger partial charge in [-0.05, 0) is 13.0 Å². The minimum atomic E-state index is 0.912. The summed E-state index contributed by atoms with van der Waals surface area (Å²) in [5, 5.41) is 3.14. The quantitative estimate of drug-likeness (QED) is 0.565. The van der Waals surface area contributed by atoms with Gasteiger partial charge in [0.15, 0.2) is 0 Å². The Bertz CT molecular complexity index is 178. The molecule has 0 radical (unpaired) electrons. The van der Waals surface area contributed by atoms with Crippen LogP contribution in [0.1, 0.15) is 6.92 Å². The van der Waals surface area contributed by atoms with E-state index in [2.05, 4.69) is 10.3 Å². The van der Waals surface area contributed by atoms with Gasteiger partial charge in [-0.3, -0.25) is 4.99 Å². The van der Waals surface area contributed by atoms with E-state index >= 15 is 0 Å². The van der Waals surface area contributed by atoms with Crippen molar-refractivity contribution >= 4 is 5.84 Å². The predicted octanol–water partition coefficient (Wildman–Crippen LogP) is 1.12. The maximum Gasteiger partial charge on any atom is 0.120 e. The van der Waals surface area contributed by atoms with Crippen LogP contribution in [0.15, 0.2) is 29.3 Å². The number of nitrogens with one attached hydrogen (secondary N) is 1. The van der Waals surface area contributed by atoms with E-state index in [-0.39, 0.29) is 0 Å². The van der Waals surface area contributed by atoms with Crippen LogP contribution in [0.2, 0.25) is 0 Å². The summed E-state index contributed by atoms with van der Waals surface area (Å²) in [5.41, 5.74) is 0. The summed E-state index contributed by atoms with van der Waals surface area (Å²) in [6.45, 7) is 3.89. The SMILES string of the molecule is C/C=C/C=C/C1=NCCN1. The Balaban J connectivity index is 2.36. The average Bonchev–Trinajstić information content (AvgIpc) is 2.41. The van der Waals surface area contributed by atoms with E-state index in [0.29, 0.717) is 0 Å². The van der Waals surface area contributed by atoms with Crippen LogP contribution in [0.25, 0.3) is 0 Å². The lowest BCUT2D eigenvalue weighted by atomic mass is 10.4. The number of amidine groups is 1. The second-order valence-electron chi connectivity index (χ2n) is 2.08. The second-order valence-corrected chi connectivity index (χ2v) is 2.08. The standard InChI is InChI=1S/C8H12N2/c1-2-3-4-5-8-9-6-7-10-8/h2-5H,6-7H2,1H3,(H,9,10)/b3-2+,5-4+. The molecule has 0 bridgehead atoms. The van der Waals surface area contributed by atoms with Crippen molar-refractivity contribution in [1.82, 2.24) is 5.32 Å². The van der Waals surface area contributed by atoms with Crippen LogP contribution in [0.4, 0.5) is 0 Å². The molecule has 54 valence electrons. The first-order valence-corrected chi connectivity index (χ1v) is 3.51. The summed E-state index contributed by atoms with van der Waals surface area (Å²) in [4.78, 5) is 4.19. The molecule has 2 heteroatoms. The van der Waals surface area contributed by atoms with Crippen molar-refractivity contribution in [3.05, 3.63) is 24.3 Å². The van der Waals surface area contributed by atoms with Crippen molar-refractivity contribution < 1.29 is 0 Å². The molecule has 2 nitrogen and oxygen atoms in total. The second kappa shape index (κ2) is 3.88. The third kappa shape index (κ3) is 2.05. The Morgan fingerprint density at radius 1 is 1.50 bits per heavy atom. The number of hydrogen-bond donors (Lipinski definition) is 1. The lowest BCUT2D eigenvalue weighted by Crippen LogP contribution is -2.15. The van der Waals surface area contributed by atoms with Gasteiger partial charge in [0.2, 0.25) is 0 Å². The molecule has 0 aliphatic carbocycles. The van der Waals surface area contributed by atoms with Crippen LogP contribution < -0.4 is 5.32 Å². The van der Waals surface area contributed by atoms with Gasteiger partial charge in [0, 0.05) is 6.54 Å². The van der Waals surface area contributed by atoms with Crippen molar-refractivity contribution in [3.8, 4) is 0 Å². The summed E-state index contributed by atoms with van der Waals surface area (Å²) in [6.07, 6.45) is 7.94. The maximum atomic E-state index is 4.19. The highest BCUT2D eigenvalue weighted by Gasteiger charge is 1.97. The number of rotatable bonds is 2. The molecular weight excluding hydrogens is 124 g/mol. The zero-order valence-corrected chi connectivity index (χ0v) is 6.17. The highest BCUT2D eigenvalue weighted by Crippen LogP contribution is 1.87. The molecule has 0 spiro atoms. The molecule has 0 atom stereocenters. The molecule has 0 amide bonds. The molecule has 0 unspecified atom stereocenters. The number of nitrogens with zero attached hydrogens (tertiary/aromatic N) is 1. The molecule has 1 heterocycles. The lowest BCUT2D eigenvalue weighted by Gasteiger charge is -1.89. The summed E-state index contributed by atoms with van der Waals surface area (Å²) in [7, 11) is 0. The number of hydrogen-bond acceptors (Lipinski definition) is 2. The van der Waals surface area contributed by atoms with Crippen LogP contribution in [-0.4, -0.2) is 18.9 Å². The van der Waals surface area contributed by atoms with E-state index in [0.717, 1.165) is 18.9 Å². The highest BCUT2D eigenvalue weighted by atomic mass is 15.1. The highest BCUT2D eigenvalue weighted by molar-refractivity contribution is 5.94. The minimum Gasteiger partial charge on any atom is -0.369 e. The van der Waals surface area contributed by atoms with Gasteiger partial charge in [0.1, 0.15) is 5.84 Å². The van der Waals surface area contributed by atoms with Crippen LogP contribution in [-0.2, 0) is 0 Å². The fraction of sp³-hybridized carbons (Fsp3) is 0.375. The van der Waals surface area contributed by atoms with Crippen LogP contribution in [0, 0.1) is 0 Å². The predicted molar refractivity (Wildman–Crippen MR) is 44.3 cm³/mol. The van der Waals surface area contributed by atoms with Crippen molar-refractivity contribution in [2.75, 3.05) is 13.1 Å². The van der Waals surface area contributed by atoms with Crippen molar-refractivity contribution in [2.45, 2.75) is 6.92 Å². The van der Waals surface area contributed by atoms with Gasteiger partial charge in [-0.1, -0.05) is 18.2 Å². The molecule has 0 aromatic rings. The van der Waals surface area contributed by atoms with Gasteiger partial charge in [-0.15, -0.1) is 0 Å². The molecule has 1 N–H and O–H groups in total. The Kier molecular flexibility index (Phi) is 2.74. The van der Waals surface area contributed by atoms with Gasteiger partial charge in [0.25, 0.3) is 0 Å². The number of aliphatic imine (C=N–C) groups is 1.